The summed E-state index contributed by atoms with van der Waals surface area (Å²) in [5.41, 5.74) is 0.914. The van der Waals surface area contributed by atoms with E-state index in [1.165, 1.54) is 4.90 Å². The number of carbonyl (C=O) groups is 2. The lowest BCUT2D eigenvalue weighted by Crippen LogP contribution is -2.65. The van der Waals surface area contributed by atoms with Crippen LogP contribution in [0.15, 0.2) is 73.3 Å². The minimum atomic E-state index is -0.777. The molecule has 0 spiro atoms. The first kappa shape index (κ1) is 18.1. The summed E-state index contributed by atoms with van der Waals surface area (Å²) in [6, 6.07) is 19.1. The van der Waals surface area contributed by atoms with Crippen molar-refractivity contribution in [3.05, 3.63) is 84.4 Å². The Hall–Kier alpha value is -2.72. The van der Waals surface area contributed by atoms with E-state index in [4.69, 9.17) is 0 Å². The minimum absolute atomic E-state index is 0.159. The van der Waals surface area contributed by atoms with Gasteiger partial charge in [-0.1, -0.05) is 54.6 Å². The summed E-state index contributed by atoms with van der Waals surface area (Å²) in [7, 11) is 0. The molecule has 0 bridgehead atoms. The number of imide groups is 1. The van der Waals surface area contributed by atoms with Gasteiger partial charge in [-0.15, -0.1) is 6.58 Å². The quantitative estimate of drug-likeness (QED) is 0.613. The molecule has 0 aromatic heterocycles. The zero-order valence-corrected chi connectivity index (χ0v) is 15.1. The Balaban J connectivity index is 1.85. The summed E-state index contributed by atoms with van der Waals surface area (Å²) in [5, 5.41) is 0. The Morgan fingerprint density at radius 1 is 1.08 bits per heavy atom. The molecule has 1 fully saturated rings. The van der Waals surface area contributed by atoms with Crippen LogP contribution in [0.2, 0.25) is 0 Å². The smallest absolute Gasteiger partial charge is 0.260 e. The van der Waals surface area contributed by atoms with Crippen LogP contribution in [0.1, 0.15) is 29.3 Å². The van der Waals surface area contributed by atoms with Crippen LogP contribution >= 0.6 is 0 Å². The van der Waals surface area contributed by atoms with Gasteiger partial charge in [0.2, 0.25) is 5.91 Å². The molecule has 0 saturated carbocycles. The van der Waals surface area contributed by atoms with Gasteiger partial charge >= 0.3 is 0 Å². The number of nitrogens with zero attached hydrogens (tertiary/aromatic N) is 2. The second-order valence-corrected chi connectivity index (χ2v) is 6.80. The van der Waals surface area contributed by atoms with Crippen molar-refractivity contribution < 1.29 is 9.59 Å². The number of carbonyl (C=O) groups excluding carboxylic acids is 2. The van der Waals surface area contributed by atoms with Crippen LogP contribution < -0.4 is 0 Å². The van der Waals surface area contributed by atoms with Gasteiger partial charge in [0.1, 0.15) is 5.54 Å². The number of hydrogen-bond donors (Lipinski definition) is 0. The van der Waals surface area contributed by atoms with Gasteiger partial charge in [0.25, 0.3) is 5.91 Å². The van der Waals surface area contributed by atoms with E-state index in [2.05, 4.69) is 23.6 Å². The Morgan fingerprint density at radius 2 is 1.69 bits per heavy atom. The van der Waals surface area contributed by atoms with Crippen molar-refractivity contribution >= 4 is 11.8 Å². The molecule has 26 heavy (non-hydrogen) atoms. The van der Waals surface area contributed by atoms with Crippen LogP contribution in [0.4, 0.5) is 0 Å². The lowest BCUT2D eigenvalue weighted by atomic mass is 9.90. The molecule has 4 heteroatoms. The van der Waals surface area contributed by atoms with Gasteiger partial charge in [-0.2, -0.15) is 0 Å². The molecule has 0 aliphatic carbocycles. The lowest BCUT2D eigenvalue weighted by Gasteiger charge is -2.46. The first-order valence-electron chi connectivity index (χ1n) is 8.87. The highest BCUT2D eigenvalue weighted by Crippen LogP contribution is 2.29. The SMILES string of the molecule is C=CCC1(C)C(=O)N(C(=O)c2ccccc2)CCN1Cc1ccccc1. The molecule has 1 aliphatic rings. The second-order valence-electron chi connectivity index (χ2n) is 6.80. The number of rotatable bonds is 5. The van der Waals surface area contributed by atoms with E-state index in [9.17, 15) is 9.59 Å². The summed E-state index contributed by atoms with van der Waals surface area (Å²) in [6.45, 7) is 7.44. The fourth-order valence-electron chi connectivity index (χ4n) is 3.48. The van der Waals surface area contributed by atoms with Crippen LogP contribution in [0.3, 0.4) is 0 Å². The second kappa shape index (κ2) is 7.67. The van der Waals surface area contributed by atoms with Gasteiger partial charge in [0.15, 0.2) is 0 Å². The summed E-state index contributed by atoms with van der Waals surface area (Å²) < 4.78 is 0. The van der Waals surface area contributed by atoms with Gasteiger partial charge in [-0.3, -0.25) is 19.4 Å². The molecule has 134 valence electrons. The Kier molecular flexibility index (Phi) is 5.33. The summed E-state index contributed by atoms with van der Waals surface area (Å²) in [5.74, 6) is -0.390. The van der Waals surface area contributed by atoms with Crippen LogP contribution in [0.5, 0.6) is 0 Å². The first-order valence-corrected chi connectivity index (χ1v) is 8.87. The van der Waals surface area contributed by atoms with E-state index in [1.807, 2.05) is 43.3 Å². The molecule has 1 aliphatic heterocycles. The van der Waals surface area contributed by atoms with Gasteiger partial charge in [0, 0.05) is 25.2 Å². The molecule has 0 N–H and O–H groups in total. The number of hydrogen-bond acceptors (Lipinski definition) is 3. The van der Waals surface area contributed by atoms with Crippen molar-refractivity contribution in [3.8, 4) is 0 Å². The highest BCUT2D eigenvalue weighted by Gasteiger charge is 2.46. The molecule has 2 aromatic rings. The van der Waals surface area contributed by atoms with E-state index < -0.39 is 5.54 Å². The molecular weight excluding hydrogens is 324 g/mol. The molecule has 1 atom stereocenters. The largest absolute Gasteiger partial charge is 0.283 e. The monoisotopic (exact) mass is 348 g/mol. The first-order chi connectivity index (χ1) is 12.6. The molecule has 0 radical (unpaired) electrons. The van der Waals surface area contributed by atoms with Crippen molar-refractivity contribution in [2.45, 2.75) is 25.4 Å². The van der Waals surface area contributed by atoms with Crippen molar-refractivity contribution in [2.24, 2.45) is 0 Å². The summed E-state index contributed by atoms with van der Waals surface area (Å²) in [6.07, 6.45) is 2.25. The molecule has 1 unspecified atom stereocenters. The van der Waals surface area contributed by atoms with Crippen LogP contribution in [-0.4, -0.2) is 40.2 Å². The topological polar surface area (TPSA) is 40.6 Å². The van der Waals surface area contributed by atoms with E-state index in [0.29, 0.717) is 31.6 Å². The molecule has 3 rings (SSSR count). The highest BCUT2D eigenvalue weighted by molar-refractivity contribution is 6.07. The zero-order valence-electron chi connectivity index (χ0n) is 15.1. The third-order valence-corrected chi connectivity index (χ3v) is 5.02. The Morgan fingerprint density at radius 3 is 2.31 bits per heavy atom. The molecule has 2 aromatic carbocycles. The van der Waals surface area contributed by atoms with Crippen LogP contribution in [-0.2, 0) is 11.3 Å². The van der Waals surface area contributed by atoms with E-state index in [1.54, 1.807) is 18.2 Å². The number of amides is 2. The average Bonchev–Trinajstić information content (AvgIpc) is 2.67. The minimum Gasteiger partial charge on any atom is -0.283 e. The van der Waals surface area contributed by atoms with E-state index in [-0.39, 0.29) is 11.8 Å². The molecule has 1 heterocycles. The maximum absolute atomic E-state index is 13.3. The van der Waals surface area contributed by atoms with Gasteiger partial charge in [-0.25, -0.2) is 0 Å². The fourth-order valence-corrected chi connectivity index (χ4v) is 3.48. The lowest BCUT2D eigenvalue weighted by molar-refractivity contribution is -0.147. The normalized spacial score (nSPS) is 20.8. The van der Waals surface area contributed by atoms with E-state index in [0.717, 1.165) is 5.56 Å². The van der Waals surface area contributed by atoms with Crippen molar-refractivity contribution in [3.63, 3.8) is 0 Å². The number of benzene rings is 2. The fraction of sp³-hybridized carbons (Fsp3) is 0.273. The van der Waals surface area contributed by atoms with Gasteiger partial charge < -0.3 is 0 Å². The average molecular weight is 348 g/mol. The van der Waals surface area contributed by atoms with Gasteiger partial charge in [0.05, 0.1) is 0 Å². The molecule has 1 saturated heterocycles. The van der Waals surface area contributed by atoms with Crippen molar-refractivity contribution in [2.75, 3.05) is 13.1 Å². The Labute approximate surface area is 154 Å². The molecule has 4 nitrogen and oxygen atoms in total. The maximum Gasteiger partial charge on any atom is 0.260 e. The molecular formula is C22H24N2O2. The number of piperazine rings is 1. The van der Waals surface area contributed by atoms with E-state index >= 15 is 0 Å². The highest BCUT2D eigenvalue weighted by atomic mass is 16.2. The van der Waals surface area contributed by atoms with Gasteiger partial charge in [-0.05, 0) is 31.0 Å². The third kappa shape index (κ3) is 3.46. The summed E-state index contributed by atoms with van der Waals surface area (Å²) >= 11 is 0. The van der Waals surface area contributed by atoms with Crippen LogP contribution in [0, 0.1) is 0 Å². The zero-order chi connectivity index (χ0) is 18.6. The Bertz CT molecular complexity index is 788. The maximum atomic E-state index is 13.3. The third-order valence-electron chi connectivity index (χ3n) is 5.02. The van der Waals surface area contributed by atoms with Crippen molar-refractivity contribution in [1.29, 1.82) is 0 Å². The molecule has 2 amide bonds. The van der Waals surface area contributed by atoms with Crippen molar-refractivity contribution in [1.82, 2.24) is 9.80 Å². The summed E-state index contributed by atoms with van der Waals surface area (Å²) in [4.78, 5) is 29.6. The van der Waals surface area contributed by atoms with Crippen LogP contribution in [0.25, 0.3) is 0 Å². The predicted octanol–water partition coefficient (Wildman–Crippen LogP) is 3.51. The predicted molar refractivity (Wildman–Crippen MR) is 103 cm³/mol. The standard InChI is InChI=1S/C22H24N2O2/c1-3-14-22(2)21(26)24(20(25)19-12-8-5-9-13-19)16-15-23(22)17-18-10-6-4-7-11-18/h3-13H,1,14-17H2,2H3.